The molecule has 2 aliphatic heterocycles. The molecule has 0 unspecified atom stereocenters. The summed E-state index contributed by atoms with van der Waals surface area (Å²) in [7, 11) is 8.76. The number of nitrogens with one attached hydrogen (secondary N) is 1. The van der Waals surface area contributed by atoms with Crippen LogP contribution < -0.4 is 10.2 Å². The number of rotatable bonds is 9. The van der Waals surface area contributed by atoms with Crippen molar-refractivity contribution >= 4 is 18.0 Å². The van der Waals surface area contributed by atoms with E-state index < -0.39 is 0 Å². The second-order valence-corrected chi connectivity index (χ2v) is 18.8. The first kappa shape index (κ1) is 42.6. The molecule has 4 amide bonds. The first-order chi connectivity index (χ1) is 28.0. The lowest BCUT2D eigenvalue weighted by Crippen LogP contribution is -2.56. The first-order valence-electron chi connectivity index (χ1n) is 21.9. The van der Waals surface area contributed by atoms with Crippen molar-refractivity contribution in [3.8, 4) is 6.07 Å². The molecule has 9 rings (SSSR count). The van der Waals surface area contributed by atoms with Gasteiger partial charge in [-0.15, -0.1) is 0 Å². The van der Waals surface area contributed by atoms with E-state index in [2.05, 4.69) is 130 Å². The predicted octanol–water partition coefficient (Wildman–Crippen LogP) is 8.38. The third-order valence-corrected chi connectivity index (χ3v) is 15.6. The van der Waals surface area contributed by atoms with E-state index in [1.165, 1.54) is 62.0 Å². The van der Waals surface area contributed by atoms with Crippen LogP contribution >= 0.6 is 0 Å². The lowest BCUT2D eigenvalue weighted by atomic mass is 9.68. The largest absolute Gasteiger partial charge is 0.336 e. The number of hydrogen-bond acceptors (Lipinski definition) is 7. The Kier molecular flexibility index (Phi) is 12.4. The van der Waals surface area contributed by atoms with Crippen molar-refractivity contribution in [3.63, 3.8) is 0 Å². The van der Waals surface area contributed by atoms with Gasteiger partial charge in [0, 0.05) is 30.7 Å². The van der Waals surface area contributed by atoms with Crippen molar-refractivity contribution in [3.05, 3.63) is 89.7 Å². The molecule has 2 aromatic carbocycles. The summed E-state index contributed by atoms with van der Waals surface area (Å²) in [6, 6.07) is 24.0. The van der Waals surface area contributed by atoms with Crippen molar-refractivity contribution in [2.45, 2.75) is 119 Å². The fraction of sp³-hybridized carbons (Fsp3) is 0.604. The summed E-state index contributed by atoms with van der Waals surface area (Å²) < 4.78 is 0. The zero-order chi connectivity index (χ0) is 40.5. The average molecular weight is 802 g/mol. The molecule has 11 nitrogen and oxygen atoms in total. The van der Waals surface area contributed by atoms with E-state index in [9.17, 15) is 9.59 Å². The summed E-state index contributed by atoms with van der Waals surface area (Å²) >= 11 is 0. The lowest BCUT2D eigenvalue weighted by molar-refractivity contribution is 0.0170. The minimum atomic E-state index is -0.196. The second kappa shape index (κ2) is 17.2. The molecular formula is C48H67N9O2. The standard InChI is InChI=1S/C26H32N6O.C21H31N3O.CH4/c1-30(2)26(22-9-4-3-5-10-22)13-11-25(12-14-26)19-31(23-28-16-21(15-27)17-29-23)24(33)32(25)18-20-7-6-8-20;1-23(2)21(18-9-4-3-5-10-18)13-11-20(12-14-21)16-22-19(25)24(20)15-17-7-6-8-17;/h3-5,9-10,16-17,20H,6-8,11-14,18-19H2,1-2H3;3-5,9-10,17H,6-8,11-16H2,1-2H3,(H,22,25);1H4. The number of nitriles is 1. The van der Waals surface area contributed by atoms with E-state index in [1.807, 2.05) is 0 Å². The molecule has 59 heavy (non-hydrogen) atoms. The molecule has 4 aliphatic carbocycles. The molecule has 2 spiro atoms. The molecular weight excluding hydrogens is 735 g/mol. The quantitative estimate of drug-likeness (QED) is 0.232. The summed E-state index contributed by atoms with van der Waals surface area (Å²) in [5.74, 6) is 1.74. The lowest BCUT2D eigenvalue weighted by Gasteiger charge is -2.51. The molecule has 3 heterocycles. The van der Waals surface area contributed by atoms with Gasteiger partial charge in [-0.25, -0.2) is 19.6 Å². The number of benzene rings is 2. The van der Waals surface area contributed by atoms with Gasteiger partial charge in [0.05, 0.1) is 35.6 Å². The van der Waals surface area contributed by atoms with Crippen molar-refractivity contribution in [2.75, 3.05) is 59.3 Å². The molecule has 4 saturated carbocycles. The summed E-state index contributed by atoms with van der Waals surface area (Å²) in [5.41, 5.74) is 3.10. The topological polar surface area (TPSA) is 112 Å². The summed E-state index contributed by atoms with van der Waals surface area (Å²) in [4.78, 5) is 45.7. The maximum atomic E-state index is 13.7. The number of carbonyl (C=O) groups is 2. The zero-order valence-electron chi connectivity index (χ0n) is 35.2. The number of carbonyl (C=O) groups excluding carboxylic acids is 2. The van der Waals surface area contributed by atoms with Crippen molar-refractivity contribution in [1.29, 1.82) is 5.26 Å². The second-order valence-electron chi connectivity index (χ2n) is 18.8. The molecule has 3 aromatic rings. The van der Waals surface area contributed by atoms with Gasteiger partial charge in [0.25, 0.3) is 0 Å². The van der Waals surface area contributed by atoms with Crippen LogP contribution in [-0.4, -0.2) is 107 Å². The molecule has 0 bridgehead atoms. The van der Waals surface area contributed by atoms with Crippen LogP contribution in [0.4, 0.5) is 15.5 Å². The summed E-state index contributed by atoms with van der Waals surface area (Å²) in [6.45, 7) is 3.23. The number of amides is 4. The first-order valence-corrected chi connectivity index (χ1v) is 21.9. The number of hydrogen-bond donors (Lipinski definition) is 1. The highest BCUT2D eigenvalue weighted by Gasteiger charge is 2.56. The van der Waals surface area contributed by atoms with Gasteiger partial charge in [-0.3, -0.25) is 14.7 Å². The van der Waals surface area contributed by atoms with Gasteiger partial charge in [-0.1, -0.05) is 80.9 Å². The van der Waals surface area contributed by atoms with Crippen LogP contribution in [0.25, 0.3) is 0 Å². The molecule has 11 heteroatoms. The molecule has 0 atom stereocenters. The summed E-state index contributed by atoms with van der Waals surface area (Å²) in [5, 5.41) is 12.2. The third-order valence-electron chi connectivity index (χ3n) is 15.6. The highest BCUT2D eigenvalue weighted by Crippen LogP contribution is 2.51. The maximum absolute atomic E-state index is 13.7. The Hall–Kier alpha value is -4.53. The number of nitrogens with zero attached hydrogens (tertiary/aromatic N) is 8. The number of anilines is 1. The Labute approximate surface area is 353 Å². The smallest absolute Gasteiger partial charge is 0.327 e. The van der Waals surface area contributed by atoms with E-state index in [0.717, 1.165) is 76.9 Å². The molecule has 0 radical (unpaired) electrons. The van der Waals surface area contributed by atoms with Gasteiger partial charge >= 0.3 is 12.1 Å². The van der Waals surface area contributed by atoms with Gasteiger partial charge in [-0.05, 0) is 128 Å². The van der Waals surface area contributed by atoms with Gasteiger partial charge in [0.1, 0.15) is 6.07 Å². The number of aromatic nitrogens is 2. The highest BCUT2D eigenvalue weighted by molar-refractivity contribution is 5.93. The van der Waals surface area contributed by atoms with E-state index in [0.29, 0.717) is 24.0 Å². The van der Waals surface area contributed by atoms with Crippen LogP contribution in [0.3, 0.4) is 0 Å². The van der Waals surface area contributed by atoms with Crippen LogP contribution in [0.5, 0.6) is 0 Å². The third kappa shape index (κ3) is 7.83. The highest BCUT2D eigenvalue weighted by atomic mass is 16.2. The van der Waals surface area contributed by atoms with Crippen molar-refractivity contribution < 1.29 is 9.59 Å². The average Bonchev–Trinajstić information content (AvgIpc) is 3.66. The molecule has 316 valence electrons. The molecule has 6 aliphatic rings. The molecule has 2 saturated heterocycles. The van der Waals surface area contributed by atoms with Crippen molar-refractivity contribution in [2.24, 2.45) is 11.8 Å². The monoisotopic (exact) mass is 802 g/mol. The van der Waals surface area contributed by atoms with E-state index in [-0.39, 0.29) is 41.6 Å². The van der Waals surface area contributed by atoms with Crippen molar-refractivity contribution in [1.82, 2.24) is 34.9 Å². The van der Waals surface area contributed by atoms with Crippen LogP contribution in [0.1, 0.15) is 114 Å². The fourth-order valence-corrected chi connectivity index (χ4v) is 11.1. The minimum Gasteiger partial charge on any atom is -0.336 e. The minimum absolute atomic E-state index is 0. The predicted molar refractivity (Wildman–Crippen MR) is 234 cm³/mol. The van der Waals surface area contributed by atoms with Gasteiger partial charge in [0.15, 0.2) is 0 Å². The normalized spacial score (nSPS) is 29.5. The maximum Gasteiger partial charge on any atom is 0.327 e. The van der Waals surface area contributed by atoms with E-state index >= 15 is 0 Å². The van der Waals surface area contributed by atoms with E-state index in [4.69, 9.17) is 5.26 Å². The Morgan fingerprint density at radius 2 is 1.15 bits per heavy atom. The molecule has 1 aromatic heterocycles. The van der Waals surface area contributed by atoms with Crippen LogP contribution in [0.2, 0.25) is 0 Å². The summed E-state index contributed by atoms with van der Waals surface area (Å²) in [6.07, 6.45) is 18.9. The number of urea groups is 2. The van der Waals surface area contributed by atoms with Gasteiger partial charge in [-0.2, -0.15) is 5.26 Å². The molecule has 1 N–H and O–H groups in total. The Bertz CT molecular complexity index is 1920. The fourth-order valence-electron chi connectivity index (χ4n) is 11.1. The van der Waals surface area contributed by atoms with Gasteiger partial charge < -0.3 is 15.1 Å². The Morgan fingerprint density at radius 1 is 0.695 bits per heavy atom. The van der Waals surface area contributed by atoms with Gasteiger partial charge in [0.2, 0.25) is 5.95 Å². The van der Waals surface area contributed by atoms with Crippen LogP contribution in [0, 0.1) is 23.2 Å². The van der Waals surface area contributed by atoms with Crippen LogP contribution in [-0.2, 0) is 11.1 Å². The Balaban J connectivity index is 0.000000183. The zero-order valence-corrected chi connectivity index (χ0v) is 35.2. The SMILES string of the molecule is C.CN(C)C1(c2ccccc2)CCC2(CC1)CN(c1ncc(C#N)cn1)C(=O)N2CC1CCC1.CN(C)C1(c2ccccc2)CCC2(CC1)CNC(=O)N2CC1CCC1. The van der Waals surface area contributed by atoms with E-state index in [1.54, 1.807) is 4.90 Å². The van der Waals surface area contributed by atoms with Crippen LogP contribution in [0.15, 0.2) is 73.1 Å². The molecule has 6 fully saturated rings. The Morgan fingerprint density at radius 3 is 1.58 bits per heavy atom.